The van der Waals surface area contributed by atoms with Crippen LogP contribution in [0.15, 0.2) is 48.5 Å². The van der Waals surface area contributed by atoms with E-state index in [-0.39, 0.29) is 30.3 Å². The Kier molecular flexibility index (Phi) is 7.14. The summed E-state index contributed by atoms with van der Waals surface area (Å²) in [6.45, 7) is 2.65. The van der Waals surface area contributed by atoms with E-state index in [1.807, 2.05) is 23.1 Å². The van der Waals surface area contributed by atoms with Crippen LogP contribution in [0.5, 0.6) is 17.2 Å². The molecule has 0 unspecified atom stereocenters. The van der Waals surface area contributed by atoms with Gasteiger partial charge in [-0.25, -0.2) is 0 Å². The van der Waals surface area contributed by atoms with Crippen molar-refractivity contribution in [3.05, 3.63) is 54.1 Å². The van der Waals surface area contributed by atoms with E-state index < -0.39 is 0 Å². The van der Waals surface area contributed by atoms with Gasteiger partial charge in [0.1, 0.15) is 23.4 Å². The zero-order chi connectivity index (χ0) is 22.3. The van der Waals surface area contributed by atoms with E-state index in [0.717, 1.165) is 32.4 Å². The molecule has 2 fully saturated rings. The molecule has 2 aliphatic heterocycles. The van der Waals surface area contributed by atoms with Crippen molar-refractivity contribution in [3.63, 3.8) is 0 Å². The van der Waals surface area contributed by atoms with Crippen LogP contribution >= 0.6 is 0 Å². The first-order valence-corrected chi connectivity index (χ1v) is 11.3. The standard InChI is InChI=1S/C25H30N2O5/c28-19-7-6-8-21(17-19)32-20-11-15-27(16-12-20)25(30)22-9-2-3-10-23(22)31-18-24(29)26-13-4-1-5-14-26/h2-3,6-10,17,20,28H,1,4-5,11-16,18H2. The smallest absolute Gasteiger partial charge is 0.260 e. The lowest BCUT2D eigenvalue weighted by Gasteiger charge is -2.32. The Labute approximate surface area is 188 Å². The average molecular weight is 439 g/mol. The Morgan fingerprint density at radius 3 is 2.41 bits per heavy atom. The number of piperidine rings is 2. The first kappa shape index (κ1) is 22.0. The SMILES string of the molecule is O=C(COc1ccccc1C(=O)N1CCC(Oc2cccc(O)c2)CC1)N1CCCCC1. The molecule has 2 aliphatic rings. The lowest BCUT2D eigenvalue weighted by Crippen LogP contribution is -2.42. The summed E-state index contributed by atoms with van der Waals surface area (Å²) in [4.78, 5) is 29.2. The van der Waals surface area contributed by atoms with Gasteiger partial charge in [0.2, 0.25) is 0 Å². The van der Waals surface area contributed by atoms with Crippen molar-refractivity contribution < 1.29 is 24.2 Å². The number of phenols is 1. The van der Waals surface area contributed by atoms with Crippen molar-refractivity contribution in [2.24, 2.45) is 0 Å². The van der Waals surface area contributed by atoms with Gasteiger partial charge in [0.25, 0.3) is 11.8 Å². The second-order valence-corrected chi connectivity index (χ2v) is 8.33. The van der Waals surface area contributed by atoms with E-state index in [0.29, 0.717) is 43.0 Å². The number of hydrogen-bond donors (Lipinski definition) is 1. The monoisotopic (exact) mass is 438 g/mol. The minimum absolute atomic E-state index is 0.00509. The molecule has 0 aromatic heterocycles. The number of aromatic hydroxyl groups is 1. The number of hydrogen-bond acceptors (Lipinski definition) is 5. The van der Waals surface area contributed by atoms with Crippen LogP contribution < -0.4 is 9.47 Å². The van der Waals surface area contributed by atoms with Crippen molar-refractivity contribution in [2.45, 2.75) is 38.2 Å². The molecule has 2 saturated heterocycles. The zero-order valence-electron chi connectivity index (χ0n) is 18.2. The maximum absolute atomic E-state index is 13.2. The van der Waals surface area contributed by atoms with E-state index in [2.05, 4.69) is 0 Å². The molecular formula is C25H30N2O5. The van der Waals surface area contributed by atoms with Gasteiger partial charge in [0.15, 0.2) is 6.61 Å². The highest BCUT2D eigenvalue weighted by molar-refractivity contribution is 5.97. The average Bonchev–Trinajstić information content (AvgIpc) is 2.83. The first-order valence-electron chi connectivity index (χ1n) is 11.3. The summed E-state index contributed by atoms with van der Waals surface area (Å²) in [5.74, 6) is 1.12. The van der Waals surface area contributed by atoms with E-state index in [1.54, 1.807) is 35.2 Å². The Morgan fingerprint density at radius 1 is 0.906 bits per heavy atom. The van der Waals surface area contributed by atoms with Gasteiger partial charge < -0.3 is 24.4 Å². The molecule has 0 bridgehead atoms. The predicted octanol–water partition coefficient (Wildman–Crippen LogP) is 3.47. The van der Waals surface area contributed by atoms with Crippen LogP contribution in [0.2, 0.25) is 0 Å². The van der Waals surface area contributed by atoms with Crippen LogP contribution in [0.25, 0.3) is 0 Å². The Morgan fingerprint density at radius 2 is 1.66 bits per heavy atom. The molecule has 2 aromatic carbocycles. The van der Waals surface area contributed by atoms with Gasteiger partial charge in [0.05, 0.1) is 5.56 Å². The maximum Gasteiger partial charge on any atom is 0.260 e. The molecule has 0 aliphatic carbocycles. The number of ether oxygens (including phenoxy) is 2. The Hall–Kier alpha value is -3.22. The summed E-state index contributed by atoms with van der Waals surface area (Å²) in [7, 11) is 0. The Balaban J connectivity index is 1.32. The summed E-state index contributed by atoms with van der Waals surface area (Å²) < 4.78 is 11.7. The van der Waals surface area contributed by atoms with Gasteiger partial charge >= 0.3 is 0 Å². The second-order valence-electron chi connectivity index (χ2n) is 8.33. The van der Waals surface area contributed by atoms with Crippen LogP contribution in [0, 0.1) is 0 Å². The Bertz CT molecular complexity index is 933. The third-order valence-electron chi connectivity index (χ3n) is 6.03. The molecule has 2 aromatic rings. The summed E-state index contributed by atoms with van der Waals surface area (Å²) in [6, 6.07) is 13.9. The fourth-order valence-electron chi connectivity index (χ4n) is 4.24. The van der Waals surface area contributed by atoms with E-state index in [4.69, 9.17) is 9.47 Å². The highest BCUT2D eigenvalue weighted by atomic mass is 16.5. The fourth-order valence-corrected chi connectivity index (χ4v) is 4.24. The van der Waals surface area contributed by atoms with Crippen LogP contribution in [-0.2, 0) is 4.79 Å². The molecule has 0 saturated carbocycles. The van der Waals surface area contributed by atoms with Gasteiger partial charge in [-0.15, -0.1) is 0 Å². The molecular weight excluding hydrogens is 408 g/mol. The van der Waals surface area contributed by atoms with E-state index >= 15 is 0 Å². The van der Waals surface area contributed by atoms with Crippen molar-refractivity contribution in [1.29, 1.82) is 0 Å². The molecule has 4 rings (SSSR count). The van der Waals surface area contributed by atoms with Crippen molar-refractivity contribution in [2.75, 3.05) is 32.8 Å². The highest BCUT2D eigenvalue weighted by Gasteiger charge is 2.27. The van der Waals surface area contributed by atoms with E-state index in [1.165, 1.54) is 0 Å². The lowest BCUT2D eigenvalue weighted by molar-refractivity contribution is -0.134. The number of amides is 2. The van der Waals surface area contributed by atoms with Crippen molar-refractivity contribution >= 4 is 11.8 Å². The number of carbonyl (C=O) groups excluding carboxylic acids is 2. The topological polar surface area (TPSA) is 79.3 Å². The molecule has 2 heterocycles. The predicted molar refractivity (Wildman–Crippen MR) is 120 cm³/mol. The van der Waals surface area contributed by atoms with Crippen LogP contribution in [0.3, 0.4) is 0 Å². The first-order chi connectivity index (χ1) is 15.6. The van der Waals surface area contributed by atoms with Gasteiger partial charge in [-0.05, 0) is 43.5 Å². The molecule has 7 heteroatoms. The number of benzene rings is 2. The summed E-state index contributed by atoms with van der Waals surface area (Å²) in [6.07, 6.45) is 4.64. The molecule has 2 amide bonds. The minimum atomic E-state index is -0.0955. The van der Waals surface area contributed by atoms with Crippen molar-refractivity contribution in [3.8, 4) is 17.2 Å². The van der Waals surface area contributed by atoms with Crippen molar-refractivity contribution in [1.82, 2.24) is 9.80 Å². The normalized spacial score (nSPS) is 17.1. The highest BCUT2D eigenvalue weighted by Crippen LogP contribution is 2.25. The fraction of sp³-hybridized carbons (Fsp3) is 0.440. The minimum Gasteiger partial charge on any atom is -0.508 e. The molecule has 7 nitrogen and oxygen atoms in total. The molecule has 170 valence electrons. The van der Waals surface area contributed by atoms with Gasteiger partial charge in [-0.2, -0.15) is 0 Å². The van der Waals surface area contributed by atoms with Crippen LogP contribution in [0.4, 0.5) is 0 Å². The number of phenolic OH excluding ortho intramolecular Hbond substituents is 1. The lowest BCUT2D eigenvalue weighted by atomic mass is 10.1. The molecule has 0 spiro atoms. The molecule has 1 N–H and O–H groups in total. The molecule has 0 atom stereocenters. The number of likely N-dealkylation sites (tertiary alicyclic amines) is 2. The second kappa shape index (κ2) is 10.4. The third kappa shape index (κ3) is 5.52. The quantitative estimate of drug-likeness (QED) is 0.747. The van der Waals surface area contributed by atoms with Gasteiger partial charge in [-0.3, -0.25) is 9.59 Å². The number of carbonyl (C=O) groups is 2. The summed E-state index contributed by atoms with van der Waals surface area (Å²) in [5.41, 5.74) is 0.478. The van der Waals surface area contributed by atoms with Crippen LogP contribution in [0.1, 0.15) is 42.5 Å². The zero-order valence-corrected chi connectivity index (χ0v) is 18.2. The molecule has 32 heavy (non-hydrogen) atoms. The third-order valence-corrected chi connectivity index (χ3v) is 6.03. The number of nitrogens with zero attached hydrogens (tertiary/aromatic N) is 2. The number of rotatable bonds is 6. The summed E-state index contributed by atoms with van der Waals surface area (Å²) >= 11 is 0. The van der Waals surface area contributed by atoms with Gasteiger partial charge in [-0.1, -0.05) is 18.2 Å². The molecule has 0 radical (unpaired) electrons. The van der Waals surface area contributed by atoms with Crippen LogP contribution in [-0.4, -0.2) is 65.6 Å². The van der Waals surface area contributed by atoms with E-state index in [9.17, 15) is 14.7 Å². The van der Waals surface area contributed by atoms with Gasteiger partial charge in [0, 0.05) is 45.1 Å². The maximum atomic E-state index is 13.2. The number of para-hydroxylation sites is 1. The summed E-state index contributed by atoms with van der Waals surface area (Å²) in [5, 5.41) is 9.59. The largest absolute Gasteiger partial charge is 0.508 e.